The maximum Gasteiger partial charge on any atom is 0.227 e. The fourth-order valence-corrected chi connectivity index (χ4v) is 4.35. The van der Waals surface area contributed by atoms with Gasteiger partial charge in [-0.05, 0) is 19.4 Å². The summed E-state index contributed by atoms with van der Waals surface area (Å²) in [5.74, 6) is 1.66. The molecule has 7 heteroatoms. The monoisotopic (exact) mass is 373 g/mol. The molecule has 4 rings (SSSR count). The zero-order valence-electron chi connectivity index (χ0n) is 16.3. The Morgan fingerprint density at radius 2 is 2.22 bits per heavy atom. The number of aromatic nitrogens is 2. The molecule has 4 heterocycles. The van der Waals surface area contributed by atoms with Gasteiger partial charge in [0.25, 0.3) is 0 Å². The lowest BCUT2D eigenvalue weighted by Crippen LogP contribution is -2.45. The van der Waals surface area contributed by atoms with Crippen molar-refractivity contribution in [3.8, 4) is 0 Å². The number of carbonyl (C=O) groups excluding carboxylic acids is 1. The Balaban J connectivity index is 1.36. The number of fused-ring (bicyclic) bond motifs is 1. The molecule has 3 aliphatic rings. The van der Waals surface area contributed by atoms with Crippen LogP contribution in [0.5, 0.6) is 0 Å². The van der Waals surface area contributed by atoms with Crippen LogP contribution in [0.2, 0.25) is 0 Å². The van der Waals surface area contributed by atoms with Gasteiger partial charge in [0.15, 0.2) is 0 Å². The molecule has 1 aromatic rings. The van der Waals surface area contributed by atoms with Crippen molar-refractivity contribution in [2.45, 2.75) is 38.6 Å². The summed E-state index contributed by atoms with van der Waals surface area (Å²) in [5, 5.41) is 3.44. The number of amides is 1. The molecule has 0 aliphatic carbocycles. The van der Waals surface area contributed by atoms with Crippen molar-refractivity contribution < 1.29 is 9.53 Å². The molecule has 2 saturated heterocycles. The van der Waals surface area contributed by atoms with Crippen LogP contribution < -0.4 is 5.32 Å². The average Bonchev–Trinajstić information content (AvgIpc) is 2.74. The molecule has 1 aromatic heterocycles. The smallest absolute Gasteiger partial charge is 0.227 e. The third-order valence-corrected chi connectivity index (χ3v) is 5.98. The van der Waals surface area contributed by atoms with Crippen molar-refractivity contribution in [2.24, 2.45) is 5.92 Å². The topological polar surface area (TPSA) is 70.6 Å². The van der Waals surface area contributed by atoms with E-state index in [1.165, 1.54) is 6.42 Å². The number of nitrogens with zero attached hydrogens (tertiary/aromatic N) is 4. The molecule has 0 radical (unpaired) electrons. The third kappa shape index (κ3) is 4.47. The van der Waals surface area contributed by atoms with Gasteiger partial charge in [-0.25, -0.2) is 9.97 Å². The first-order valence-electron chi connectivity index (χ1n) is 10.3. The van der Waals surface area contributed by atoms with E-state index in [4.69, 9.17) is 9.72 Å². The van der Waals surface area contributed by atoms with Crippen molar-refractivity contribution in [3.63, 3.8) is 0 Å². The second-order valence-electron chi connectivity index (χ2n) is 8.07. The first-order valence-corrected chi connectivity index (χ1v) is 10.3. The van der Waals surface area contributed by atoms with Crippen molar-refractivity contribution in [1.29, 1.82) is 0 Å². The van der Waals surface area contributed by atoms with E-state index >= 15 is 0 Å². The van der Waals surface area contributed by atoms with E-state index in [1.54, 1.807) is 0 Å². The van der Waals surface area contributed by atoms with Crippen LogP contribution in [0.15, 0.2) is 6.20 Å². The summed E-state index contributed by atoms with van der Waals surface area (Å²) in [4.78, 5) is 26.7. The standard InChI is InChI=1S/C20H31N5O2/c1-15(13-24-7-9-27-10-8-24)20(26)25-6-4-18-17(14-25)12-22-19(23-18)16-3-2-5-21-11-16/h12,15-16,21H,2-11,13-14H2,1H3/t15-,16-/m0/s1. The molecule has 148 valence electrons. The number of piperidine rings is 1. The van der Waals surface area contributed by atoms with Gasteiger partial charge in [0.2, 0.25) is 5.91 Å². The summed E-state index contributed by atoms with van der Waals surface area (Å²) in [5.41, 5.74) is 2.25. The van der Waals surface area contributed by atoms with Gasteiger partial charge >= 0.3 is 0 Å². The minimum absolute atomic E-state index is 0.0122. The minimum Gasteiger partial charge on any atom is -0.379 e. The number of morpholine rings is 1. The van der Waals surface area contributed by atoms with Gasteiger partial charge in [0, 0.05) is 69.3 Å². The lowest BCUT2D eigenvalue weighted by Gasteiger charge is -2.33. The summed E-state index contributed by atoms with van der Waals surface area (Å²) in [6.07, 6.45) is 5.14. The maximum atomic E-state index is 12.9. The highest BCUT2D eigenvalue weighted by molar-refractivity contribution is 5.79. The molecule has 1 amide bonds. The van der Waals surface area contributed by atoms with E-state index in [0.29, 0.717) is 12.5 Å². The highest BCUT2D eigenvalue weighted by atomic mass is 16.5. The van der Waals surface area contributed by atoms with E-state index in [9.17, 15) is 4.79 Å². The molecule has 0 unspecified atom stereocenters. The molecule has 2 atom stereocenters. The Morgan fingerprint density at radius 1 is 1.37 bits per heavy atom. The number of carbonyl (C=O) groups is 1. The lowest BCUT2D eigenvalue weighted by atomic mass is 9.98. The van der Waals surface area contributed by atoms with Crippen LogP contribution in [0.1, 0.15) is 42.8 Å². The van der Waals surface area contributed by atoms with E-state index in [2.05, 4.69) is 15.2 Å². The van der Waals surface area contributed by atoms with Gasteiger partial charge in [0.05, 0.1) is 18.9 Å². The molecule has 0 aromatic carbocycles. The summed E-state index contributed by atoms with van der Waals surface area (Å²) in [6, 6.07) is 0. The fraction of sp³-hybridized carbons (Fsp3) is 0.750. The van der Waals surface area contributed by atoms with Gasteiger partial charge < -0.3 is 15.0 Å². The van der Waals surface area contributed by atoms with Crippen LogP contribution >= 0.6 is 0 Å². The third-order valence-electron chi connectivity index (χ3n) is 5.98. The van der Waals surface area contributed by atoms with E-state index in [0.717, 1.165) is 82.4 Å². The van der Waals surface area contributed by atoms with Gasteiger partial charge in [-0.1, -0.05) is 6.92 Å². The molecule has 27 heavy (non-hydrogen) atoms. The molecule has 7 nitrogen and oxygen atoms in total. The summed E-state index contributed by atoms with van der Waals surface area (Å²) < 4.78 is 5.40. The Bertz CT molecular complexity index is 656. The van der Waals surface area contributed by atoms with Crippen LogP contribution in [0.3, 0.4) is 0 Å². The van der Waals surface area contributed by atoms with Gasteiger partial charge in [-0.15, -0.1) is 0 Å². The SMILES string of the molecule is C[C@@H](CN1CCOCC1)C(=O)N1CCc2nc([C@H]3CCCNC3)ncc2C1. The molecule has 3 aliphatic heterocycles. The summed E-state index contributed by atoms with van der Waals surface area (Å²) in [6.45, 7) is 9.73. The summed E-state index contributed by atoms with van der Waals surface area (Å²) >= 11 is 0. The molecule has 1 N–H and O–H groups in total. The second kappa shape index (κ2) is 8.63. The minimum atomic E-state index is 0.0122. The number of rotatable bonds is 4. The molecule has 0 saturated carbocycles. The second-order valence-corrected chi connectivity index (χ2v) is 8.07. The fourth-order valence-electron chi connectivity index (χ4n) is 4.35. The van der Waals surface area contributed by atoms with Crippen molar-refractivity contribution >= 4 is 5.91 Å². The molecule has 0 bridgehead atoms. The number of ether oxygens (including phenoxy) is 1. The predicted octanol–water partition coefficient (Wildman–Crippen LogP) is 0.797. The lowest BCUT2D eigenvalue weighted by molar-refractivity contribution is -0.137. The first-order chi connectivity index (χ1) is 13.2. The predicted molar refractivity (Wildman–Crippen MR) is 102 cm³/mol. The number of nitrogens with one attached hydrogen (secondary N) is 1. The average molecular weight is 374 g/mol. The molecular formula is C20H31N5O2. The Hall–Kier alpha value is -1.57. The van der Waals surface area contributed by atoms with Gasteiger partial charge in [-0.2, -0.15) is 0 Å². The van der Waals surface area contributed by atoms with Crippen LogP contribution in [0, 0.1) is 5.92 Å². The van der Waals surface area contributed by atoms with Crippen LogP contribution in [0.25, 0.3) is 0 Å². The van der Waals surface area contributed by atoms with Crippen molar-refractivity contribution in [3.05, 3.63) is 23.3 Å². The highest BCUT2D eigenvalue weighted by Gasteiger charge is 2.28. The van der Waals surface area contributed by atoms with Gasteiger partial charge in [0.1, 0.15) is 5.82 Å². The Labute approximate surface area is 161 Å². The number of hydrogen-bond acceptors (Lipinski definition) is 6. The van der Waals surface area contributed by atoms with E-state index in [1.807, 2.05) is 18.0 Å². The van der Waals surface area contributed by atoms with Crippen molar-refractivity contribution in [2.75, 3.05) is 52.5 Å². The Morgan fingerprint density at radius 3 is 3.00 bits per heavy atom. The molecule has 0 spiro atoms. The van der Waals surface area contributed by atoms with Crippen LogP contribution in [-0.4, -0.2) is 78.2 Å². The highest BCUT2D eigenvalue weighted by Crippen LogP contribution is 2.24. The van der Waals surface area contributed by atoms with Gasteiger partial charge in [-0.3, -0.25) is 9.69 Å². The quantitative estimate of drug-likeness (QED) is 0.842. The Kier molecular flexibility index (Phi) is 6.00. The largest absolute Gasteiger partial charge is 0.379 e. The van der Waals surface area contributed by atoms with E-state index in [-0.39, 0.29) is 11.8 Å². The normalized spacial score (nSPS) is 25.1. The zero-order chi connectivity index (χ0) is 18.6. The van der Waals surface area contributed by atoms with Crippen LogP contribution in [-0.2, 0) is 22.5 Å². The summed E-state index contributed by atoms with van der Waals surface area (Å²) in [7, 11) is 0. The first kappa shape index (κ1) is 18.8. The van der Waals surface area contributed by atoms with Crippen molar-refractivity contribution in [1.82, 2.24) is 25.1 Å². The number of hydrogen-bond donors (Lipinski definition) is 1. The zero-order valence-corrected chi connectivity index (χ0v) is 16.3. The molecular weight excluding hydrogens is 342 g/mol. The van der Waals surface area contributed by atoms with Crippen LogP contribution in [0.4, 0.5) is 0 Å². The maximum absolute atomic E-state index is 12.9. The van der Waals surface area contributed by atoms with E-state index < -0.39 is 0 Å². The molecule has 2 fully saturated rings.